The maximum absolute atomic E-state index is 9.88. The Bertz CT molecular complexity index is 4260. The van der Waals surface area contributed by atoms with Crippen molar-refractivity contribution in [1.29, 1.82) is 0 Å². The summed E-state index contributed by atoms with van der Waals surface area (Å²) in [6.07, 6.45) is 0. The maximum atomic E-state index is 9.88. The molecule has 0 saturated heterocycles. The van der Waals surface area contributed by atoms with Crippen molar-refractivity contribution < 1.29 is 32.9 Å². The van der Waals surface area contributed by atoms with E-state index in [1.807, 2.05) is 0 Å². The van der Waals surface area contributed by atoms with Crippen LogP contribution in [-0.4, -0.2) is 14.5 Å². The molecule has 0 fully saturated rings. The number of para-hydroxylation sites is 6. The number of aromatic nitrogens is 3. The van der Waals surface area contributed by atoms with Crippen LogP contribution in [0.2, 0.25) is 0 Å². The minimum atomic E-state index is -1.01. The fourth-order valence-electron chi connectivity index (χ4n) is 6.10. The van der Waals surface area contributed by atoms with Gasteiger partial charge in [-0.05, 0) is 65.8 Å². The van der Waals surface area contributed by atoms with Crippen LogP contribution in [0.4, 0.5) is 17.1 Å². The molecule has 0 aliphatic carbocycles. The van der Waals surface area contributed by atoms with Gasteiger partial charge >= 0.3 is 0 Å². The number of pyridine rings is 1. The second-order valence-corrected chi connectivity index (χ2v) is 11.1. The van der Waals surface area contributed by atoms with E-state index < -0.39 is 205 Å². The van der Waals surface area contributed by atoms with Gasteiger partial charge in [-0.25, -0.2) is 9.97 Å². The number of rotatable bonds is 6. The fourth-order valence-corrected chi connectivity index (χ4v) is 6.10. The lowest BCUT2D eigenvalue weighted by Crippen LogP contribution is -2.10. The van der Waals surface area contributed by atoms with Crippen molar-refractivity contribution in [3.05, 3.63) is 194 Å². The lowest BCUT2D eigenvalue weighted by molar-refractivity contribution is 1.10. The Kier molecular flexibility index (Phi) is 3.40. The molecule has 0 atom stereocenters. The molecule has 10 rings (SSSR count). The summed E-state index contributed by atoms with van der Waals surface area (Å²) in [5.41, 5.74) is -5.02. The molecule has 2 heterocycles. The number of hydrogen-bond donors (Lipinski definition) is 0. The van der Waals surface area contributed by atoms with E-state index >= 15 is 0 Å². The Hall–Kier alpha value is -7.04. The van der Waals surface area contributed by atoms with Gasteiger partial charge in [-0.1, -0.05) is 133 Å². The van der Waals surface area contributed by atoms with Crippen LogP contribution in [-0.2, 0) is 0 Å². The van der Waals surface area contributed by atoms with Gasteiger partial charge in [0, 0.05) is 49.7 Å². The van der Waals surface area contributed by atoms with Crippen molar-refractivity contribution in [2.45, 2.75) is 0 Å². The SMILES string of the molecule is [2H]c1cc([2H])c(N(c2c([2H])c([2H])c([2H])c([2H])c2[2H])c2c([2H])c([2H])c([2H])c3c2c([2H])c([2H])c2c(-c4c([2H])ccc([2H])c4[2H])nc4c(-c5nc6ccc([2H])c([2H])c6n5-c5c([2H])ccc([2H])c5[2H])c([2H])c([2H])c([2H])c4c23)c([2H])c1. The first kappa shape index (κ1) is 14.3. The maximum Gasteiger partial charge on any atom is 0.147 e. The van der Waals surface area contributed by atoms with E-state index in [0.717, 1.165) is 28.8 Å². The summed E-state index contributed by atoms with van der Waals surface area (Å²) in [4.78, 5) is 10.2. The normalized spacial score (nSPS) is 17.9. The van der Waals surface area contributed by atoms with Crippen LogP contribution in [0.1, 0.15) is 32.9 Å². The van der Waals surface area contributed by atoms with E-state index in [0.29, 0.717) is 4.90 Å². The van der Waals surface area contributed by atoms with Crippen LogP contribution in [0, 0.1) is 0 Å². The van der Waals surface area contributed by atoms with Crippen LogP contribution >= 0.6 is 0 Å². The Balaban J connectivity index is 1.54. The quantitative estimate of drug-likeness (QED) is 0.163. The summed E-state index contributed by atoms with van der Waals surface area (Å²) >= 11 is 0. The van der Waals surface area contributed by atoms with E-state index in [2.05, 4.69) is 0 Å². The Labute approximate surface area is 335 Å². The third-order valence-electron chi connectivity index (χ3n) is 8.24. The summed E-state index contributed by atoms with van der Waals surface area (Å²) < 4.78 is 219. The van der Waals surface area contributed by atoms with Crippen LogP contribution in [0.15, 0.2) is 194 Å². The Morgan fingerprint density at radius 3 is 2.17 bits per heavy atom. The van der Waals surface area contributed by atoms with E-state index in [1.165, 1.54) is 24.3 Å². The minimum Gasteiger partial charge on any atom is -0.310 e. The molecule has 8 aromatic carbocycles. The van der Waals surface area contributed by atoms with Crippen molar-refractivity contribution in [3.8, 4) is 28.3 Å². The van der Waals surface area contributed by atoms with E-state index in [-0.39, 0.29) is 28.8 Å². The highest BCUT2D eigenvalue weighted by Crippen LogP contribution is 2.45. The van der Waals surface area contributed by atoms with Crippen LogP contribution in [0.5, 0.6) is 0 Å². The van der Waals surface area contributed by atoms with Gasteiger partial charge in [-0.3, -0.25) is 4.57 Å². The van der Waals surface area contributed by atoms with E-state index in [4.69, 9.17) is 31.9 Å². The first-order valence-corrected chi connectivity index (χ1v) is 15.6. The fraction of sp³-hybridized carbons (Fsp3) is 0. The number of hydrogen-bond acceptors (Lipinski definition) is 3. The molecule has 52 heavy (non-hydrogen) atoms. The van der Waals surface area contributed by atoms with E-state index in [9.17, 15) is 11.0 Å². The van der Waals surface area contributed by atoms with Gasteiger partial charge in [0.1, 0.15) is 5.82 Å². The van der Waals surface area contributed by atoms with Crippen LogP contribution in [0.3, 0.4) is 0 Å². The Morgan fingerprint density at radius 2 is 1.27 bits per heavy atom. The van der Waals surface area contributed by atoms with Crippen molar-refractivity contribution in [2.75, 3.05) is 4.90 Å². The topological polar surface area (TPSA) is 34.0 Å². The summed E-state index contributed by atoms with van der Waals surface area (Å²) in [7, 11) is 0. The molecule has 4 heteroatoms. The molecule has 0 aliphatic heterocycles. The number of anilines is 3. The zero-order chi connectivity index (χ0) is 55.3. The second kappa shape index (κ2) is 12.4. The number of benzene rings is 8. The van der Waals surface area contributed by atoms with Crippen molar-refractivity contribution in [2.24, 2.45) is 0 Å². The average molecular weight is 689 g/mol. The van der Waals surface area contributed by atoms with Gasteiger partial charge in [0.25, 0.3) is 0 Å². The smallest absolute Gasteiger partial charge is 0.147 e. The van der Waals surface area contributed by atoms with Gasteiger partial charge < -0.3 is 4.90 Å². The first-order chi connectivity index (χ1) is 35.7. The molecular weight excluding hydrogens is 633 g/mol. The second-order valence-electron chi connectivity index (χ2n) is 11.1. The van der Waals surface area contributed by atoms with Gasteiger partial charge in [0.15, 0.2) is 0 Å². The zero-order valence-electron chi connectivity index (χ0n) is 50.4. The molecule has 0 spiro atoms. The van der Waals surface area contributed by atoms with Crippen LogP contribution < -0.4 is 4.90 Å². The first-order valence-electron chi connectivity index (χ1n) is 27.6. The largest absolute Gasteiger partial charge is 0.310 e. The molecule has 0 saturated carbocycles. The summed E-state index contributed by atoms with van der Waals surface area (Å²) in [5, 5.41) is -2.94. The molecule has 0 aliphatic rings. The molecule has 4 nitrogen and oxygen atoms in total. The van der Waals surface area contributed by atoms with E-state index in [1.54, 1.807) is 0 Å². The predicted octanol–water partition coefficient (Wildman–Crippen LogP) is 12.7. The third kappa shape index (κ3) is 4.84. The molecule has 0 N–H and O–H groups in total. The highest BCUT2D eigenvalue weighted by Gasteiger charge is 2.22. The van der Waals surface area contributed by atoms with Gasteiger partial charge in [-0.2, -0.15) is 0 Å². The minimum absolute atomic E-state index is 0.0598. The summed E-state index contributed by atoms with van der Waals surface area (Å²) in [6.45, 7) is 0. The monoisotopic (exact) mass is 688 g/mol. The summed E-state index contributed by atoms with van der Waals surface area (Å²) in [6, 6.07) is -8.58. The van der Waals surface area contributed by atoms with Gasteiger partial charge in [0.2, 0.25) is 0 Å². The third-order valence-corrected chi connectivity index (χ3v) is 8.24. The van der Waals surface area contributed by atoms with Crippen molar-refractivity contribution >= 4 is 60.5 Å². The highest BCUT2D eigenvalue weighted by molar-refractivity contribution is 6.25. The summed E-state index contributed by atoms with van der Waals surface area (Å²) in [5.74, 6) is -0.459. The van der Waals surface area contributed by atoms with Crippen molar-refractivity contribution in [3.63, 3.8) is 0 Å². The standard InChI is InChI=1S/C48H32N4/c1-5-17-33(18-6-1)46-40-32-31-37-38(25-16-30-43(37)51(34-19-7-2-8-20-34)35-21-9-3-10-22-35)45(40)39-26-15-27-41(47(39)50-46)48-49-42-28-13-14-29-44(42)52(48)36-23-11-4-12-24-36/h1-32H/i2D,3D,5D,7D,8D,11D,14D,15D,16D,17D,18D,19D,20D,21D,22D,23D,24D,25D,26D,27D,29D,30D,31D,32D. The lowest BCUT2D eigenvalue weighted by atomic mass is 9.93. The zero-order valence-corrected chi connectivity index (χ0v) is 26.4. The van der Waals surface area contributed by atoms with Crippen LogP contribution in [0.25, 0.3) is 71.8 Å². The molecule has 0 amide bonds. The molecule has 2 aromatic heterocycles. The molecule has 0 unspecified atom stereocenters. The van der Waals surface area contributed by atoms with Gasteiger partial charge in [-0.15, -0.1) is 0 Å². The van der Waals surface area contributed by atoms with Gasteiger partial charge in [0.05, 0.1) is 60.8 Å². The molecule has 0 bridgehead atoms. The number of fused-ring (bicyclic) bond motifs is 6. The molecule has 244 valence electrons. The molecule has 0 radical (unpaired) electrons. The Morgan fingerprint density at radius 1 is 0.500 bits per heavy atom. The number of imidazole rings is 1. The molecule has 10 aromatic rings. The number of nitrogens with zero attached hydrogens (tertiary/aromatic N) is 4. The highest BCUT2D eigenvalue weighted by atomic mass is 15.1. The average Bonchev–Trinajstić information content (AvgIpc) is 3.75. The lowest BCUT2D eigenvalue weighted by Gasteiger charge is -2.27. The predicted molar refractivity (Wildman–Crippen MR) is 217 cm³/mol. The van der Waals surface area contributed by atoms with Crippen molar-refractivity contribution in [1.82, 2.24) is 14.5 Å². The molecular formula is C48H32N4.